The average Bonchev–Trinajstić information content (AvgIpc) is 3.01. The van der Waals surface area contributed by atoms with Crippen LogP contribution >= 0.6 is 22.9 Å². The van der Waals surface area contributed by atoms with Crippen LogP contribution in [0.4, 0.5) is 0 Å². The number of methoxy groups -OCH3 is 1. The Morgan fingerprint density at radius 2 is 1.83 bits per heavy atom. The molecule has 154 valence electrons. The minimum absolute atomic E-state index is 0.0327. The molecule has 0 saturated carbocycles. The van der Waals surface area contributed by atoms with Crippen LogP contribution in [0.2, 0.25) is 5.02 Å². The van der Waals surface area contributed by atoms with Crippen molar-refractivity contribution >= 4 is 29.0 Å². The van der Waals surface area contributed by atoms with E-state index in [4.69, 9.17) is 16.3 Å². The van der Waals surface area contributed by atoms with Gasteiger partial charge in [-0.25, -0.2) is 4.99 Å². The van der Waals surface area contributed by atoms with Crippen molar-refractivity contribution in [3.8, 4) is 5.75 Å². The zero-order valence-corrected chi connectivity index (χ0v) is 19.2. The normalized spacial score (nSPS) is 16.1. The van der Waals surface area contributed by atoms with Gasteiger partial charge in [0.05, 0.1) is 17.7 Å². The third-order valence-corrected chi connectivity index (χ3v) is 6.81. The number of benzene rings is 2. The van der Waals surface area contributed by atoms with Gasteiger partial charge in [0.15, 0.2) is 4.80 Å². The molecule has 1 unspecified atom stereocenters. The predicted molar refractivity (Wildman–Crippen MR) is 123 cm³/mol. The summed E-state index contributed by atoms with van der Waals surface area (Å²) in [5.74, 6) is 0.865. The molecule has 2 aromatic carbocycles. The smallest absolute Gasteiger partial charge is 0.271 e. The van der Waals surface area contributed by atoms with Crippen LogP contribution in [0.25, 0.3) is 6.08 Å². The van der Waals surface area contributed by atoms with Crippen LogP contribution in [0.5, 0.6) is 5.75 Å². The fourth-order valence-corrected chi connectivity index (χ4v) is 5.14. The molecule has 2 heterocycles. The van der Waals surface area contributed by atoms with Crippen molar-refractivity contribution in [2.24, 2.45) is 4.99 Å². The van der Waals surface area contributed by atoms with Crippen LogP contribution in [-0.2, 0) is 0 Å². The van der Waals surface area contributed by atoms with Crippen molar-refractivity contribution in [1.82, 2.24) is 4.57 Å². The first kappa shape index (κ1) is 20.6. The molecule has 0 radical (unpaired) electrons. The van der Waals surface area contributed by atoms with Crippen molar-refractivity contribution < 1.29 is 4.74 Å². The number of ether oxygens (including phenoxy) is 1. The Balaban J connectivity index is 1.94. The molecule has 6 heteroatoms. The van der Waals surface area contributed by atoms with E-state index < -0.39 is 0 Å². The second-order valence-electron chi connectivity index (χ2n) is 7.54. The van der Waals surface area contributed by atoms with E-state index in [1.54, 1.807) is 11.7 Å². The van der Waals surface area contributed by atoms with Gasteiger partial charge in [-0.1, -0.05) is 35.1 Å². The van der Waals surface area contributed by atoms with Gasteiger partial charge in [0, 0.05) is 10.7 Å². The standard InChI is InChI=1S/C24H23ClN2O2S/c1-13-10-20(29-5)15(3)16(4)22(13)19-11-14(2)26-24-27(19)23(28)21(30-24)12-17-6-8-18(25)9-7-17/h6-12,19H,1-5H3/b21-12-. The van der Waals surface area contributed by atoms with Gasteiger partial charge in [-0.3, -0.25) is 9.36 Å². The Morgan fingerprint density at radius 3 is 2.50 bits per heavy atom. The number of aryl methyl sites for hydroxylation is 1. The van der Waals surface area contributed by atoms with Crippen molar-refractivity contribution in [1.29, 1.82) is 0 Å². The highest BCUT2D eigenvalue weighted by atomic mass is 35.5. The zero-order chi connectivity index (χ0) is 21.6. The summed E-state index contributed by atoms with van der Waals surface area (Å²) in [6, 6.07) is 9.31. The number of fused-ring (bicyclic) bond motifs is 1. The fraction of sp³-hybridized carbons (Fsp3) is 0.250. The molecule has 0 saturated heterocycles. The zero-order valence-electron chi connectivity index (χ0n) is 17.6. The van der Waals surface area contributed by atoms with E-state index in [1.165, 1.54) is 11.3 Å². The van der Waals surface area contributed by atoms with Crippen LogP contribution in [-0.4, -0.2) is 11.7 Å². The third kappa shape index (κ3) is 3.53. The van der Waals surface area contributed by atoms with Crippen molar-refractivity contribution in [2.75, 3.05) is 7.11 Å². The first-order chi connectivity index (χ1) is 14.3. The molecule has 1 aliphatic rings. The highest BCUT2D eigenvalue weighted by Gasteiger charge is 2.25. The van der Waals surface area contributed by atoms with Crippen molar-refractivity contribution in [3.63, 3.8) is 0 Å². The lowest BCUT2D eigenvalue weighted by Gasteiger charge is -2.24. The number of aromatic nitrogens is 1. The van der Waals surface area contributed by atoms with Gasteiger partial charge in [0.1, 0.15) is 5.75 Å². The third-order valence-electron chi connectivity index (χ3n) is 5.58. The van der Waals surface area contributed by atoms with Gasteiger partial charge >= 0.3 is 0 Å². The highest BCUT2D eigenvalue weighted by molar-refractivity contribution is 7.07. The second-order valence-corrected chi connectivity index (χ2v) is 8.99. The van der Waals surface area contributed by atoms with Gasteiger partial charge in [0.2, 0.25) is 0 Å². The summed E-state index contributed by atoms with van der Waals surface area (Å²) in [4.78, 5) is 18.8. The largest absolute Gasteiger partial charge is 0.496 e. The molecule has 1 atom stereocenters. The van der Waals surface area contributed by atoms with Crippen LogP contribution in [0.15, 0.2) is 51.9 Å². The monoisotopic (exact) mass is 438 g/mol. The molecule has 30 heavy (non-hydrogen) atoms. The van der Waals surface area contributed by atoms with E-state index in [9.17, 15) is 4.79 Å². The summed E-state index contributed by atoms with van der Waals surface area (Å²) in [5.41, 5.74) is 6.25. The second kappa shape index (κ2) is 7.89. The first-order valence-electron chi connectivity index (χ1n) is 9.70. The van der Waals surface area contributed by atoms with Gasteiger partial charge in [0.25, 0.3) is 5.56 Å². The number of nitrogens with zero attached hydrogens (tertiary/aromatic N) is 2. The maximum absolute atomic E-state index is 13.4. The Hall–Kier alpha value is -2.63. The summed E-state index contributed by atoms with van der Waals surface area (Å²) in [7, 11) is 1.69. The molecular weight excluding hydrogens is 416 g/mol. The van der Waals surface area contributed by atoms with Gasteiger partial charge in [-0.15, -0.1) is 0 Å². The fourth-order valence-electron chi connectivity index (χ4n) is 3.96. The summed E-state index contributed by atoms with van der Waals surface area (Å²) >= 11 is 7.40. The Labute approximate surface area is 184 Å². The molecule has 0 N–H and O–H groups in total. The number of rotatable bonds is 3. The van der Waals surface area contributed by atoms with Crippen LogP contribution < -0.4 is 19.6 Å². The molecule has 0 amide bonds. The number of allylic oxidation sites excluding steroid dienone is 2. The predicted octanol–water partition coefficient (Wildman–Crippen LogP) is 4.45. The highest BCUT2D eigenvalue weighted by Crippen LogP contribution is 2.34. The average molecular weight is 439 g/mol. The van der Waals surface area contributed by atoms with E-state index in [2.05, 4.69) is 31.8 Å². The molecule has 0 aliphatic carbocycles. The number of hydrogen-bond acceptors (Lipinski definition) is 4. The summed E-state index contributed by atoms with van der Waals surface area (Å²) in [6.45, 7) is 8.19. The molecule has 0 spiro atoms. The van der Waals surface area contributed by atoms with Gasteiger partial charge in [-0.2, -0.15) is 0 Å². The Morgan fingerprint density at radius 1 is 1.13 bits per heavy atom. The lowest BCUT2D eigenvalue weighted by Crippen LogP contribution is -2.36. The number of hydrogen-bond donors (Lipinski definition) is 0. The molecule has 0 bridgehead atoms. The van der Waals surface area contributed by atoms with E-state index in [1.807, 2.05) is 43.3 Å². The first-order valence-corrected chi connectivity index (χ1v) is 10.9. The number of halogens is 1. The summed E-state index contributed by atoms with van der Waals surface area (Å²) < 4.78 is 7.99. The molecule has 0 fully saturated rings. The molecule has 3 aromatic rings. The quantitative estimate of drug-likeness (QED) is 0.606. The summed E-state index contributed by atoms with van der Waals surface area (Å²) in [5, 5.41) is 0.671. The SMILES string of the molecule is COc1cc(C)c(C2C=C(C)N=c3s/c(=C\c4ccc(Cl)cc4)c(=O)n32)c(C)c1C. The van der Waals surface area contributed by atoms with E-state index in [-0.39, 0.29) is 11.6 Å². The van der Waals surface area contributed by atoms with E-state index in [0.717, 1.165) is 44.1 Å². The maximum atomic E-state index is 13.4. The lowest BCUT2D eigenvalue weighted by molar-refractivity contribution is 0.410. The molecule has 1 aromatic heterocycles. The summed E-state index contributed by atoms with van der Waals surface area (Å²) in [6.07, 6.45) is 3.96. The molecular formula is C24H23ClN2O2S. The Kier molecular flexibility index (Phi) is 5.43. The minimum Gasteiger partial charge on any atom is -0.496 e. The van der Waals surface area contributed by atoms with Crippen molar-refractivity contribution in [3.05, 3.63) is 94.6 Å². The minimum atomic E-state index is -0.196. The Bertz CT molecular complexity index is 1350. The molecule has 4 nitrogen and oxygen atoms in total. The van der Waals surface area contributed by atoms with E-state index in [0.29, 0.717) is 9.55 Å². The molecule has 4 rings (SSSR count). The van der Waals surface area contributed by atoms with E-state index >= 15 is 0 Å². The van der Waals surface area contributed by atoms with Crippen LogP contribution in [0, 0.1) is 20.8 Å². The van der Waals surface area contributed by atoms with Crippen LogP contribution in [0.1, 0.15) is 40.8 Å². The number of thiazole rings is 1. The van der Waals surface area contributed by atoms with Crippen molar-refractivity contribution in [2.45, 2.75) is 33.7 Å². The maximum Gasteiger partial charge on any atom is 0.271 e. The van der Waals surface area contributed by atoms with Crippen LogP contribution in [0.3, 0.4) is 0 Å². The topological polar surface area (TPSA) is 43.6 Å². The van der Waals surface area contributed by atoms with Gasteiger partial charge < -0.3 is 4.74 Å². The lowest BCUT2D eigenvalue weighted by atomic mass is 9.91. The van der Waals surface area contributed by atoms with Gasteiger partial charge in [-0.05, 0) is 85.9 Å². The molecule has 1 aliphatic heterocycles.